The smallest absolute Gasteiger partial charge is 0.336 e. The first-order chi connectivity index (χ1) is 13.7. The number of benzene rings is 1. The van der Waals surface area contributed by atoms with Crippen LogP contribution in [0.4, 0.5) is 0 Å². The Morgan fingerprint density at radius 3 is 2.07 bits per heavy atom. The number of rotatable bonds is 6. The van der Waals surface area contributed by atoms with Gasteiger partial charge in [-0.15, -0.1) is 0 Å². The van der Waals surface area contributed by atoms with Crippen molar-refractivity contribution in [3.8, 4) is 5.75 Å². The molecule has 0 fully saturated rings. The Kier molecular flexibility index (Phi) is 5.12. The zero-order valence-corrected chi connectivity index (χ0v) is 15.2. The summed E-state index contributed by atoms with van der Waals surface area (Å²) in [5.41, 5.74) is 2.33. The topological polar surface area (TPSA) is 79.5 Å². The van der Waals surface area contributed by atoms with Crippen LogP contribution in [-0.4, -0.2) is 20.0 Å². The number of phenolic OH excluding ortho intramolecular Hbond substituents is 1. The molecule has 4 rings (SSSR count). The molecule has 0 saturated carbocycles. The van der Waals surface area contributed by atoms with Crippen molar-refractivity contribution in [3.05, 3.63) is 100 Å². The van der Waals surface area contributed by atoms with Crippen LogP contribution in [0, 0.1) is 0 Å². The minimum atomic E-state index is -0.444. The van der Waals surface area contributed by atoms with Crippen molar-refractivity contribution in [1.29, 1.82) is 0 Å². The molecular formula is C22H19N3O3. The van der Waals surface area contributed by atoms with Gasteiger partial charge in [0.15, 0.2) is 0 Å². The van der Waals surface area contributed by atoms with Gasteiger partial charge in [-0.1, -0.05) is 12.1 Å². The number of aromatic nitrogens is 2. The highest BCUT2D eigenvalue weighted by atomic mass is 16.4. The lowest BCUT2D eigenvalue weighted by Crippen LogP contribution is -2.23. The summed E-state index contributed by atoms with van der Waals surface area (Å²) >= 11 is 0. The molecule has 0 amide bonds. The van der Waals surface area contributed by atoms with Crippen LogP contribution in [0.1, 0.15) is 17.0 Å². The molecule has 0 saturated heterocycles. The summed E-state index contributed by atoms with van der Waals surface area (Å²) in [5, 5.41) is 11.2. The van der Waals surface area contributed by atoms with E-state index in [1.807, 2.05) is 36.4 Å². The third-order valence-corrected chi connectivity index (χ3v) is 4.47. The summed E-state index contributed by atoms with van der Waals surface area (Å²) < 4.78 is 5.40. The SMILES string of the molecule is O=c1ccc2ccc(O)c(CN(Cc3ccccn3)Cc3ccccn3)c2o1. The Morgan fingerprint density at radius 1 is 0.821 bits per heavy atom. The lowest BCUT2D eigenvalue weighted by molar-refractivity contribution is 0.238. The lowest BCUT2D eigenvalue weighted by atomic mass is 10.1. The molecule has 0 atom stereocenters. The van der Waals surface area contributed by atoms with Gasteiger partial charge in [0.05, 0.1) is 17.0 Å². The van der Waals surface area contributed by atoms with Crippen molar-refractivity contribution < 1.29 is 9.52 Å². The molecule has 4 aromatic rings. The minimum Gasteiger partial charge on any atom is -0.507 e. The Labute approximate surface area is 161 Å². The molecule has 0 aliphatic rings. The van der Waals surface area contributed by atoms with E-state index >= 15 is 0 Å². The van der Waals surface area contributed by atoms with Crippen molar-refractivity contribution in [2.45, 2.75) is 19.6 Å². The fourth-order valence-corrected chi connectivity index (χ4v) is 3.17. The fraction of sp³-hybridized carbons (Fsp3) is 0.136. The summed E-state index contributed by atoms with van der Waals surface area (Å²) in [6, 6.07) is 18.0. The molecule has 0 spiro atoms. The predicted octanol–water partition coefficient (Wildman–Crippen LogP) is 3.49. The largest absolute Gasteiger partial charge is 0.507 e. The van der Waals surface area contributed by atoms with Gasteiger partial charge < -0.3 is 9.52 Å². The van der Waals surface area contributed by atoms with Crippen LogP contribution in [0.3, 0.4) is 0 Å². The molecular weight excluding hydrogens is 354 g/mol. The molecule has 0 aliphatic heterocycles. The van der Waals surface area contributed by atoms with Gasteiger partial charge in [-0.25, -0.2) is 4.79 Å². The van der Waals surface area contributed by atoms with Crippen LogP contribution in [0.25, 0.3) is 11.0 Å². The van der Waals surface area contributed by atoms with Crippen LogP contribution < -0.4 is 5.63 Å². The summed E-state index contributed by atoms with van der Waals surface area (Å²) in [7, 11) is 0. The van der Waals surface area contributed by atoms with Crippen LogP contribution in [0.5, 0.6) is 5.75 Å². The van der Waals surface area contributed by atoms with Crippen LogP contribution in [-0.2, 0) is 19.6 Å². The van der Waals surface area contributed by atoms with E-state index in [-0.39, 0.29) is 5.75 Å². The molecule has 140 valence electrons. The number of hydrogen-bond acceptors (Lipinski definition) is 6. The number of fused-ring (bicyclic) bond motifs is 1. The number of pyridine rings is 2. The molecule has 6 heteroatoms. The standard InChI is InChI=1S/C22H19N3O3/c26-20-9-7-16-8-10-21(27)28-22(16)19(20)15-25(13-17-5-1-3-11-23-17)14-18-6-2-4-12-24-18/h1-12,26H,13-15H2. The van der Waals surface area contributed by atoms with Crippen molar-refractivity contribution in [3.63, 3.8) is 0 Å². The lowest BCUT2D eigenvalue weighted by Gasteiger charge is -2.22. The van der Waals surface area contributed by atoms with E-state index in [2.05, 4.69) is 14.9 Å². The van der Waals surface area contributed by atoms with Gasteiger partial charge in [-0.05, 0) is 42.5 Å². The highest BCUT2D eigenvalue weighted by molar-refractivity contribution is 5.81. The highest BCUT2D eigenvalue weighted by Crippen LogP contribution is 2.28. The normalized spacial score (nSPS) is 11.2. The second kappa shape index (κ2) is 8.02. The minimum absolute atomic E-state index is 0.0916. The van der Waals surface area contributed by atoms with Crippen molar-refractivity contribution in [1.82, 2.24) is 14.9 Å². The first-order valence-electron chi connectivity index (χ1n) is 8.96. The van der Waals surface area contributed by atoms with Gasteiger partial charge in [0.25, 0.3) is 0 Å². The zero-order valence-electron chi connectivity index (χ0n) is 15.2. The van der Waals surface area contributed by atoms with Gasteiger partial charge in [-0.3, -0.25) is 14.9 Å². The van der Waals surface area contributed by atoms with Gasteiger partial charge in [0.2, 0.25) is 0 Å². The molecule has 6 nitrogen and oxygen atoms in total. The molecule has 1 aromatic carbocycles. The summed E-state index contributed by atoms with van der Waals surface area (Å²) in [6.07, 6.45) is 3.51. The van der Waals surface area contributed by atoms with Crippen LogP contribution >= 0.6 is 0 Å². The van der Waals surface area contributed by atoms with Gasteiger partial charge >= 0.3 is 5.63 Å². The zero-order chi connectivity index (χ0) is 19.3. The average molecular weight is 373 g/mol. The Bertz CT molecular complexity index is 1090. The number of phenols is 1. The van der Waals surface area contributed by atoms with E-state index in [1.165, 1.54) is 6.07 Å². The average Bonchev–Trinajstić information content (AvgIpc) is 2.72. The first kappa shape index (κ1) is 17.9. The predicted molar refractivity (Wildman–Crippen MR) is 106 cm³/mol. The Balaban J connectivity index is 1.71. The molecule has 28 heavy (non-hydrogen) atoms. The third-order valence-electron chi connectivity index (χ3n) is 4.47. The van der Waals surface area contributed by atoms with E-state index in [1.54, 1.807) is 30.6 Å². The summed E-state index contributed by atoms with van der Waals surface area (Å²) in [6.45, 7) is 1.50. The van der Waals surface area contributed by atoms with Crippen LogP contribution in [0.2, 0.25) is 0 Å². The maximum Gasteiger partial charge on any atom is 0.336 e. The molecule has 0 bridgehead atoms. The maximum atomic E-state index is 11.7. The number of aromatic hydroxyl groups is 1. The van der Waals surface area contributed by atoms with E-state index in [0.717, 1.165) is 16.8 Å². The molecule has 0 unspecified atom stereocenters. The monoisotopic (exact) mass is 373 g/mol. The first-order valence-corrected chi connectivity index (χ1v) is 8.96. The Hall–Kier alpha value is -3.51. The van der Waals surface area contributed by atoms with Crippen LogP contribution in [0.15, 0.2) is 82.3 Å². The van der Waals surface area contributed by atoms with Crippen molar-refractivity contribution >= 4 is 11.0 Å². The third kappa shape index (κ3) is 4.07. The van der Waals surface area contributed by atoms with Gasteiger partial charge in [-0.2, -0.15) is 0 Å². The quantitative estimate of drug-likeness (QED) is 0.521. The highest BCUT2D eigenvalue weighted by Gasteiger charge is 2.16. The fourth-order valence-electron chi connectivity index (χ4n) is 3.17. The second-order valence-electron chi connectivity index (χ2n) is 6.52. The molecule has 3 heterocycles. The van der Waals surface area contributed by atoms with Crippen molar-refractivity contribution in [2.24, 2.45) is 0 Å². The van der Waals surface area contributed by atoms with Crippen molar-refractivity contribution in [2.75, 3.05) is 0 Å². The maximum absolute atomic E-state index is 11.7. The van der Waals surface area contributed by atoms with E-state index in [0.29, 0.717) is 30.8 Å². The molecule has 3 aromatic heterocycles. The summed E-state index contributed by atoms with van der Waals surface area (Å²) in [5.74, 6) is 0.0916. The Morgan fingerprint density at radius 2 is 1.46 bits per heavy atom. The summed E-state index contributed by atoms with van der Waals surface area (Å²) in [4.78, 5) is 22.6. The van der Waals surface area contributed by atoms with E-state index in [9.17, 15) is 9.90 Å². The molecule has 0 aliphatic carbocycles. The molecule has 0 radical (unpaired) electrons. The van der Waals surface area contributed by atoms with Gasteiger partial charge in [0.1, 0.15) is 11.3 Å². The second-order valence-corrected chi connectivity index (χ2v) is 6.52. The van der Waals surface area contributed by atoms with E-state index < -0.39 is 5.63 Å². The van der Waals surface area contributed by atoms with E-state index in [4.69, 9.17) is 4.42 Å². The number of nitrogens with zero attached hydrogens (tertiary/aromatic N) is 3. The number of hydrogen-bond donors (Lipinski definition) is 1. The molecule has 1 N–H and O–H groups in total. The van der Waals surface area contributed by atoms with Gasteiger partial charge in [0, 0.05) is 43.5 Å².